The number of hydrogen-bond acceptors (Lipinski definition) is 5. The normalized spacial score (nSPS) is 14.0. The maximum atomic E-state index is 13.5. The summed E-state index contributed by atoms with van der Waals surface area (Å²) < 4.78 is 1.91. The van der Waals surface area contributed by atoms with E-state index in [-0.39, 0.29) is 11.6 Å². The molecule has 2 N–H and O–H groups in total. The van der Waals surface area contributed by atoms with Gasteiger partial charge in [0.1, 0.15) is 5.82 Å². The summed E-state index contributed by atoms with van der Waals surface area (Å²) in [6.45, 7) is 4.73. The standard InChI is InChI=1S/C25H31N5O/c1-2-23(29(16-13-26)17-20-11-14-27-15-12-20)24-28-22-10-6-9-21(22)25(31)30(24)18-19-7-4-3-5-8-19/h3-5,7-8,11-12,14-15,23H,2,6,9-10,13,16-18,26H2,1H3. The summed E-state index contributed by atoms with van der Waals surface area (Å²) in [5.41, 5.74) is 10.3. The summed E-state index contributed by atoms with van der Waals surface area (Å²) in [7, 11) is 0. The molecule has 0 bridgehead atoms. The molecular formula is C25H31N5O. The molecule has 2 aromatic heterocycles. The molecule has 0 aliphatic heterocycles. The van der Waals surface area contributed by atoms with Crippen molar-refractivity contribution in [2.24, 2.45) is 5.73 Å². The molecule has 1 aromatic carbocycles. The van der Waals surface area contributed by atoms with Crippen molar-refractivity contribution in [1.29, 1.82) is 0 Å². The van der Waals surface area contributed by atoms with Crippen LogP contribution in [0.4, 0.5) is 0 Å². The van der Waals surface area contributed by atoms with Crippen molar-refractivity contribution in [2.45, 2.75) is 51.7 Å². The quantitative estimate of drug-likeness (QED) is 0.579. The second kappa shape index (κ2) is 9.98. The first-order chi connectivity index (χ1) is 15.2. The number of rotatable bonds is 9. The third kappa shape index (κ3) is 4.75. The van der Waals surface area contributed by atoms with Crippen molar-refractivity contribution in [3.05, 3.63) is 93.4 Å². The topological polar surface area (TPSA) is 77.0 Å². The average molecular weight is 418 g/mol. The van der Waals surface area contributed by atoms with Crippen LogP contribution in [0.2, 0.25) is 0 Å². The first-order valence-corrected chi connectivity index (χ1v) is 11.2. The van der Waals surface area contributed by atoms with Gasteiger partial charge in [0, 0.05) is 37.6 Å². The minimum Gasteiger partial charge on any atom is -0.329 e. The predicted molar refractivity (Wildman–Crippen MR) is 123 cm³/mol. The van der Waals surface area contributed by atoms with Gasteiger partial charge in [0.15, 0.2) is 0 Å². The van der Waals surface area contributed by atoms with E-state index in [4.69, 9.17) is 10.7 Å². The molecule has 2 heterocycles. The first kappa shape index (κ1) is 21.4. The van der Waals surface area contributed by atoms with Gasteiger partial charge in [-0.3, -0.25) is 19.2 Å². The number of fused-ring (bicyclic) bond motifs is 1. The molecule has 162 valence electrons. The highest BCUT2D eigenvalue weighted by Gasteiger charge is 2.28. The maximum absolute atomic E-state index is 13.5. The van der Waals surface area contributed by atoms with Crippen LogP contribution in [0.25, 0.3) is 0 Å². The van der Waals surface area contributed by atoms with Gasteiger partial charge in [-0.05, 0) is 48.9 Å². The number of pyridine rings is 1. The first-order valence-electron chi connectivity index (χ1n) is 11.2. The molecule has 1 unspecified atom stereocenters. The third-order valence-electron chi connectivity index (χ3n) is 6.08. The molecule has 6 nitrogen and oxygen atoms in total. The monoisotopic (exact) mass is 417 g/mol. The molecule has 3 aromatic rings. The Bertz CT molecular complexity index is 1050. The minimum atomic E-state index is 0.0130. The highest BCUT2D eigenvalue weighted by molar-refractivity contribution is 5.26. The summed E-state index contributed by atoms with van der Waals surface area (Å²) in [5, 5.41) is 0. The van der Waals surface area contributed by atoms with E-state index in [1.807, 2.05) is 47.3 Å². The van der Waals surface area contributed by atoms with Crippen molar-refractivity contribution in [2.75, 3.05) is 13.1 Å². The molecule has 0 fully saturated rings. The van der Waals surface area contributed by atoms with Crippen LogP contribution in [0.15, 0.2) is 59.7 Å². The highest BCUT2D eigenvalue weighted by Crippen LogP contribution is 2.27. The number of hydrogen-bond donors (Lipinski definition) is 1. The molecule has 0 spiro atoms. The van der Waals surface area contributed by atoms with Crippen LogP contribution in [0.5, 0.6) is 0 Å². The molecule has 31 heavy (non-hydrogen) atoms. The number of nitrogens with zero attached hydrogens (tertiary/aromatic N) is 4. The Hall–Kier alpha value is -2.83. The molecule has 0 radical (unpaired) electrons. The zero-order valence-electron chi connectivity index (χ0n) is 18.2. The van der Waals surface area contributed by atoms with E-state index in [0.29, 0.717) is 13.1 Å². The van der Waals surface area contributed by atoms with Crippen LogP contribution in [0.3, 0.4) is 0 Å². The van der Waals surface area contributed by atoms with Gasteiger partial charge in [-0.15, -0.1) is 0 Å². The van der Waals surface area contributed by atoms with Crippen LogP contribution in [-0.4, -0.2) is 32.5 Å². The maximum Gasteiger partial charge on any atom is 0.257 e. The lowest BCUT2D eigenvalue weighted by Crippen LogP contribution is -2.38. The van der Waals surface area contributed by atoms with Crippen LogP contribution >= 0.6 is 0 Å². The number of aryl methyl sites for hydroxylation is 1. The van der Waals surface area contributed by atoms with Gasteiger partial charge in [-0.25, -0.2) is 4.98 Å². The molecule has 1 aliphatic carbocycles. The van der Waals surface area contributed by atoms with E-state index in [2.05, 4.69) is 28.9 Å². The summed E-state index contributed by atoms with van der Waals surface area (Å²) in [5.74, 6) is 0.861. The van der Waals surface area contributed by atoms with E-state index < -0.39 is 0 Å². The second-order valence-electron chi connectivity index (χ2n) is 8.16. The predicted octanol–water partition coefficient (Wildman–Crippen LogP) is 3.09. The van der Waals surface area contributed by atoms with Gasteiger partial charge in [0.05, 0.1) is 18.3 Å². The van der Waals surface area contributed by atoms with E-state index in [1.165, 1.54) is 5.56 Å². The van der Waals surface area contributed by atoms with Gasteiger partial charge >= 0.3 is 0 Å². The van der Waals surface area contributed by atoms with Gasteiger partial charge in [-0.1, -0.05) is 37.3 Å². The Balaban J connectivity index is 1.77. The van der Waals surface area contributed by atoms with Gasteiger partial charge < -0.3 is 5.73 Å². The highest BCUT2D eigenvalue weighted by atomic mass is 16.1. The van der Waals surface area contributed by atoms with E-state index in [0.717, 1.165) is 61.4 Å². The van der Waals surface area contributed by atoms with Crippen molar-refractivity contribution >= 4 is 0 Å². The Kier molecular flexibility index (Phi) is 6.89. The molecule has 0 saturated carbocycles. The molecular weight excluding hydrogens is 386 g/mol. The Morgan fingerprint density at radius 3 is 2.58 bits per heavy atom. The van der Waals surface area contributed by atoms with Crippen LogP contribution in [0, 0.1) is 0 Å². The molecule has 1 aliphatic rings. The van der Waals surface area contributed by atoms with Gasteiger partial charge in [0.2, 0.25) is 0 Å². The van der Waals surface area contributed by atoms with E-state index in [9.17, 15) is 4.79 Å². The smallest absolute Gasteiger partial charge is 0.257 e. The summed E-state index contributed by atoms with van der Waals surface area (Å²) >= 11 is 0. The number of nitrogens with two attached hydrogens (primary N) is 1. The number of benzene rings is 1. The Morgan fingerprint density at radius 2 is 1.87 bits per heavy atom. The second-order valence-corrected chi connectivity index (χ2v) is 8.16. The van der Waals surface area contributed by atoms with Crippen LogP contribution in [-0.2, 0) is 25.9 Å². The lowest BCUT2D eigenvalue weighted by Gasteiger charge is -2.32. The van der Waals surface area contributed by atoms with E-state index >= 15 is 0 Å². The minimum absolute atomic E-state index is 0.0130. The lowest BCUT2D eigenvalue weighted by molar-refractivity contribution is 0.175. The lowest BCUT2D eigenvalue weighted by atomic mass is 10.1. The molecule has 0 saturated heterocycles. The van der Waals surface area contributed by atoms with Gasteiger partial charge in [0.25, 0.3) is 5.56 Å². The van der Waals surface area contributed by atoms with Crippen LogP contribution < -0.4 is 11.3 Å². The summed E-state index contributed by atoms with van der Waals surface area (Å²) in [4.78, 5) is 25.1. The fourth-order valence-corrected chi connectivity index (χ4v) is 4.56. The van der Waals surface area contributed by atoms with Crippen molar-refractivity contribution in [3.8, 4) is 0 Å². The number of aromatic nitrogens is 3. The SMILES string of the molecule is CCC(c1nc2c(c(=O)n1Cc1ccccc1)CCC2)N(CCN)Cc1ccncc1. The molecule has 4 rings (SSSR count). The Labute approximate surface area is 183 Å². The fraction of sp³-hybridized carbons (Fsp3) is 0.400. The third-order valence-corrected chi connectivity index (χ3v) is 6.08. The zero-order valence-corrected chi connectivity index (χ0v) is 18.2. The largest absolute Gasteiger partial charge is 0.329 e. The molecule has 0 amide bonds. The average Bonchev–Trinajstić information content (AvgIpc) is 3.27. The fourth-order valence-electron chi connectivity index (χ4n) is 4.56. The van der Waals surface area contributed by atoms with Crippen molar-refractivity contribution < 1.29 is 0 Å². The van der Waals surface area contributed by atoms with Crippen LogP contribution in [0.1, 0.15) is 54.0 Å². The molecule has 6 heteroatoms. The van der Waals surface area contributed by atoms with Crippen molar-refractivity contribution in [3.63, 3.8) is 0 Å². The molecule has 1 atom stereocenters. The van der Waals surface area contributed by atoms with Gasteiger partial charge in [-0.2, -0.15) is 0 Å². The summed E-state index contributed by atoms with van der Waals surface area (Å²) in [6.07, 6.45) is 7.21. The van der Waals surface area contributed by atoms with Crippen molar-refractivity contribution in [1.82, 2.24) is 19.4 Å². The summed E-state index contributed by atoms with van der Waals surface area (Å²) in [6, 6.07) is 14.2. The van der Waals surface area contributed by atoms with E-state index in [1.54, 1.807) is 0 Å². The zero-order chi connectivity index (χ0) is 21.6. The Morgan fingerprint density at radius 1 is 1.10 bits per heavy atom.